The van der Waals surface area contributed by atoms with Crippen molar-refractivity contribution in [1.82, 2.24) is 0 Å². The van der Waals surface area contributed by atoms with E-state index in [1.807, 2.05) is 0 Å². The number of carbonyl (C=O) groups is 4. The Morgan fingerprint density at radius 3 is 0.809 bits per heavy atom. The smallest absolute Gasteiger partial charge is 0.462 e. The highest BCUT2D eigenvalue weighted by atomic mass is 31.2. The molecular formula is C75H146O17P2. The molecule has 0 heterocycles. The van der Waals surface area contributed by atoms with Gasteiger partial charge in [-0.05, 0) is 43.4 Å². The van der Waals surface area contributed by atoms with Crippen LogP contribution in [0.25, 0.3) is 0 Å². The summed E-state index contributed by atoms with van der Waals surface area (Å²) in [6.45, 7) is 11.9. The first-order valence-electron chi connectivity index (χ1n) is 38.9. The lowest BCUT2D eigenvalue weighted by Crippen LogP contribution is -2.30. The van der Waals surface area contributed by atoms with Crippen LogP contribution in [-0.4, -0.2) is 96.7 Å². The maximum absolute atomic E-state index is 13.1. The second-order valence-electron chi connectivity index (χ2n) is 28.0. The molecule has 0 aliphatic heterocycles. The topological polar surface area (TPSA) is 237 Å². The van der Waals surface area contributed by atoms with Gasteiger partial charge in [0.25, 0.3) is 0 Å². The molecule has 17 nitrogen and oxygen atoms in total. The molecule has 0 spiro atoms. The number of hydrogen-bond acceptors (Lipinski definition) is 15. The Morgan fingerprint density at radius 2 is 0.543 bits per heavy atom. The van der Waals surface area contributed by atoms with Crippen molar-refractivity contribution >= 4 is 39.5 Å². The summed E-state index contributed by atoms with van der Waals surface area (Å²) in [7, 11) is -9.91. The van der Waals surface area contributed by atoms with Crippen molar-refractivity contribution in [2.45, 2.75) is 401 Å². The van der Waals surface area contributed by atoms with Gasteiger partial charge in [0, 0.05) is 25.7 Å². The molecule has 0 rings (SSSR count). The van der Waals surface area contributed by atoms with Crippen molar-refractivity contribution in [2.75, 3.05) is 39.6 Å². The molecule has 4 unspecified atom stereocenters. The normalized spacial score (nSPS) is 14.7. The summed E-state index contributed by atoms with van der Waals surface area (Å²) >= 11 is 0. The molecular weight excluding hydrogens is 1230 g/mol. The van der Waals surface area contributed by atoms with Crippen LogP contribution in [0.2, 0.25) is 0 Å². The number of phosphoric acid groups is 2. The van der Waals surface area contributed by atoms with Gasteiger partial charge in [-0.15, -0.1) is 0 Å². The fourth-order valence-electron chi connectivity index (χ4n) is 11.4. The summed E-state index contributed by atoms with van der Waals surface area (Å²) < 4.78 is 68.5. The Labute approximate surface area is 575 Å². The number of hydrogen-bond donors (Lipinski definition) is 3. The number of aliphatic hydroxyl groups excluding tert-OH is 1. The number of unbranched alkanes of at least 4 members (excludes halogenated alkanes) is 39. The van der Waals surface area contributed by atoms with Crippen LogP contribution in [0.1, 0.15) is 382 Å². The van der Waals surface area contributed by atoms with Crippen LogP contribution in [0.15, 0.2) is 0 Å². The second kappa shape index (κ2) is 65.7. The Kier molecular flexibility index (Phi) is 64.3. The Morgan fingerprint density at radius 1 is 0.309 bits per heavy atom. The summed E-state index contributed by atoms with van der Waals surface area (Å²) in [5, 5.41) is 10.6. The molecule has 3 N–H and O–H groups in total. The van der Waals surface area contributed by atoms with E-state index in [-0.39, 0.29) is 25.7 Å². The maximum Gasteiger partial charge on any atom is 0.472 e. The first-order chi connectivity index (χ1) is 45.3. The van der Waals surface area contributed by atoms with E-state index < -0.39 is 97.5 Å². The van der Waals surface area contributed by atoms with Crippen molar-refractivity contribution < 1.29 is 80.2 Å². The Balaban J connectivity index is 5.28. The van der Waals surface area contributed by atoms with E-state index in [1.165, 1.54) is 193 Å². The molecule has 7 atom stereocenters. The van der Waals surface area contributed by atoms with E-state index in [0.29, 0.717) is 25.7 Å². The third-order valence-corrected chi connectivity index (χ3v) is 20.0. The van der Waals surface area contributed by atoms with E-state index in [2.05, 4.69) is 48.5 Å². The van der Waals surface area contributed by atoms with Gasteiger partial charge in [0.15, 0.2) is 12.2 Å². The number of ether oxygens (including phenoxy) is 4. The molecule has 0 aliphatic carbocycles. The highest BCUT2D eigenvalue weighted by molar-refractivity contribution is 7.47. The van der Waals surface area contributed by atoms with Crippen LogP contribution < -0.4 is 0 Å². The minimum absolute atomic E-state index is 0.106. The highest BCUT2D eigenvalue weighted by Gasteiger charge is 2.30. The third-order valence-electron chi connectivity index (χ3n) is 18.1. The molecule has 94 heavy (non-hydrogen) atoms. The minimum Gasteiger partial charge on any atom is -0.462 e. The van der Waals surface area contributed by atoms with Gasteiger partial charge in [-0.25, -0.2) is 9.13 Å². The van der Waals surface area contributed by atoms with Gasteiger partial charge >= 0.3 is 39.5 Å². The SMILES string of the molecule is CCCCCCCCCCCCCCCCC(=O)O[C@H](COC(=O)CCCCCCCCCCC(C)CC)COP(=O)(O)OC[C@H](O)COP(=O)(O)OC[C@@H](COC(=O)CCCCCCCCCCCCC(C)CC)OC(=O)CCCCCCCCCCCCCC(C)C. The first-order valence-corrected chi connectivity index (χ1v) is 41.9. The van der Waals surface area contributed by atoms with Crippen LogP contribution >= 0.6 is 15.6 Å². The van der Waals surface area contributed by atoms with Crippen molar-refractivity contribution in [3.63, 3.8) is 0 Å². The van der Waals surface area contributed by atoms with E-state index >= 15 is 0 Å². The van der Waals surface area contributed by atoms with Crippen molar-refractivity contribution in [1.29, 1.82) is 0 Å². The molecule has 0 aromatic heterocycles. The van der Waals surface area contributed by atoms with Gasteiger partial charge < -0.3 is 33.8 Å². The molecule has 0 bridgehead atoms. The Hall–Kier alpha value is -1.94. The molecule has 0 aromatic carbocycles. The van der Waals surface area contributed by atoms with Gasteiger partial charge in [0.2, 0.25) is 0 Å². The van der Waals surface area contributed by atoms with Crippen LogP contribution in [0.5, 0.6) is 0 Å². The van der Waals surface area contributed by atoms with Crippen molar-refractivity contribution in [3.8, 4) is 0 Å². The summed E-state index contributed by atoms with van der Waals surface area (Å²) in [5.41, 5.74) is 0. The number of aliphatic hydroxyl groups is 1. The lowest BCUT2D eigenvalue weighted by molar-refractivity contribution is -0.161. The van der Waals surface area contributed by atoms with E-state index in [9.17, 15) is 43.2 Å². The van der Waals surface area contributed by atoms with E-state index in [0.717, 1.165) is 108 Å². The lowest BCUT2D eigenvalue weighted by Gasteiger charge is -2.21. The van der Waals surface area contributed by atoms with Crippen LogP contribution in [0, 0.1) is 17.8 Å². The largest absolute Gasteiger partial charge is 0.472 e. The molecule has 558 valence electrons. The number of carbonyl (C=O) groups excluding carboxylic acids is 4. The lowest BCUT2D eigenvalue weighted by atomic mass is 9.99. The quantitative estimate of drug-likeness (QED) is 0.0222. The molecule has 0 fully saturated rings. The predicted octanol–water partition coefficient (Wildman–Crippen LogP) is 21.8. The summed E-state index contributed by atoms with van der Waals surface area (Å²) in [6, 6.07) is 0. The zero-order chi connectivity index (χ0) is 69.4. The van der Waals surface area contributed by atoms with Gasteiger partial charge in [-0.3, -0.25) is 37.3 Å². The third kappa shape index (κ3) is 66.0. The Bertz CT molecular complexity index is 1840. The number of rotatable bonds is 73. The standard InChI is InChI=1S/C75H146O17P2/c1-8-11-12-13-14-15-16-17-18-21-28-37-44-51-58-74(79)92-71(63-86-73(78)57-50-43-36-31-30-34-41-48-55-68(7)10-3)65-90-94(83,84)88-61-69(76)60-87-93(81,82)89-64-70(91-75(80)59-52-45-38-29-22-19-20-25-32-39-46-53-66(4)5)62-85-72(77)56-49-42-35-27-24-23-26-33-40-47-54-67(6)9-2/h66-71,76H,8-65H2,1-7H3,(H,81,82)(H,83,84)/t67?,68?,69-,70-,71-/m1/s1. The van der Waals surface area contributed by atoms with Crippen LogP contribution in [0.4, 0.5) is 0 Å². The summed E-state index contributed by atoms with van der Waals surface area (Å²) in [4.78, 5) is 72.8. The fourth-order valence-corrected chi connectivity index (χ4v) is 12.9. The molecule has 0 amide bonds. The molecule has 0 saturated heterocycles. The van der Waals surface area contributed by atoms with Gasteiger partial charge in [-0.2, -0.15) is 0 Å². The number of esters is 4. The second-order valence-corrected chi connectivity index (χ2v) is 30.9. The molecule has 0 radical (unpaired) electrons. The van der Waals surface area contributed by atoms with Crippen molar-refractivity contribution in [2.24, 2.45) is 17.8 Å². The zero-order valence-corrected chi connectivity index (χ0v) is 63.2. The highest BCUT2D eigenvalue weighted by Crippen LogP contribution is 2.45. The van der Waals surface area contributed by atoms with E-state index in [1.54, 1.807) is 0 Å². The molecule has 0 saturated carbocycles. The minimum atomic E-state index is -4.96. The number of phosphoric ester groups is 2. The maximum atomic E-state index is 13.1. The average molecular weight is 1380 g/mol. The predicted molar refractivity (Wildman–Crippen MR) is 381 cm³/mol. The molecule has 19 heteroatoms. The molecule has 0 aromatic rings. The average Bonchev–Trinajstić information content (AvgIpc) is 1.21. The van der Waals surface area contributed by atoms with Gasteiger partial charge in [-0.1, -0.05) is 331 Å². The van der Waals surface area contributed by atoms with Crippen molar-refractivity contribution in [3.05, 3.63) is 0 Å². The molecule has 0 aliphatic rings. The van der Waals surface area contributed by atoms with Gasteiger partial charge in [0.1, 0.15) is 19.3 Å². The van der Waals surface area contributed by atoms with Gasteiger partial charge in [0.05, 0.1) is 26.4 Å². The van der Waals surface area contributed by atoms with Crippen LogP contribution in [0.3, 0.4) is 0 Å². The van der Waals surface area contributed by atoms with E-state index in [4.69, 9.17) is 37.0 Å². The zero-order valence-electron chi connectivity index (χ0n) is 61.4. The first kappa shape index (κ1) is 92.1. The fraction of sp³-hybridized carbons (Fsp3) is 0.947. The monoisotopic (exact) mass is 1380 g/mol. The van der Waals surface area contributed by atoms with Crippen LogP contribution in [-0.2, 0) is 65.4 Å². The summed E-state index contributed by atoms with van der Waals surface area (Å²) in [5.74, 6) is 0.235. The summed E-state index contributed by atoms with van der Waals surface area (Å²) in [6.07, 6.45) is 51.1.